The standard InChI is InChI=1S/C19H25N3O5.C3H6/c1-11(2)9-12(10-15(23)24)17(25)20-16-18(26)21(3)13-7-5-6-8-14(13)22(4)19(16)27;1-3-2/h5-8,11-12,16H,9-10H2,1-4H3,(H,20,25)(H,23,24);3H,1H2,2H3. The number of carboxylic acids is 1. The number of fused-ring (bicyclic) bond motifs is 1. The van der Waals surface area contributed by atoms with Gasteiger partial charge in [0, 0.05) is 20.0 Å². The molecule has 1 aliphatic heterocycles. The second kappa shape index (κ2) is 11.1. The molecule has 0 aliphatic carbocycles. The van der Waals surface area contributed by atoms with E-state index in [4.69, 9.17) is 5.11 Å². The van der Waals surface area contributed by atoms with Crippen molar-refractivity contribution < 1.29 is 24.3 Å². The number of allylic oxidation sites excluding steroid dienone is 1. The first-order valence-corrected chi connectivity index (χ1v) is 9.78. The molecule has 1 unspecified atom stereocenters. The topological polar surface area (TPSA) is 107 Å². The van der Waals surface area contributed by atoms with Crippen LogP contribution in [0.25, 0.3) is 0 Å². The molecule has 1 aromatic carbocycles. The highest BCUT2D eigenvalue weighted by molar-refractivity contribution is 6.21. The largest absolute Gasteiger partial charge is 0.481 e. The predicted octanol–water partition coefficient (Wildman–Crippen LogP) is 2.44. The maximum absolute atomic E-state index is 12.8. The number of carbonyl (C=O) groups excluding carboxylic acids is 3. The van der Waals surface area contributed by atoms with Crippen LogP contribution in [0, 0.1) is 11.8 Å². The zero-order chi connectivity index (χ0) is 23.0. The minimum absolute atomic E-state index is 0.0928. The van der Waals surface area contributed by atoms with Crippen LogP contribution in [-0.4, -0.2) is 48.9 Å². The first-order chi connectivity index (χ1) is 14.0. The molecule has 1 heterocycles. The van der Waals surface area contributed by atoms with Gasteiger partial charge in [0.05, 0.1) is 17.8 Å². The summed E-state index contributed by atoms with van der Waals surface area (Å²) in [6, 6.07) is 5.54. The Bertz CT molecular complexity index is 765. The highest BCUT2D eigenvalue weighted by Crippen LogP contribution is 2.31. The van der Waals surface area contributed by atoms with Gasteiger partial charge in [-0.1, -0.05) is 32.1 Å². The fourth-order valence-electron chi connectivity index (χ4n) is 3.21. The monoisotopic (exact) mass is 417 g/mol. The fraction of sp³-hybridized carbons (Fsp3) is 0.455. The molecule has 1 aromatic rings. The summed E-state index contributed by atoms with van der Waals surface area (Å²) in [7, 11) is 3.07. The SMILES string of the molecule is C=CC.CC(C)CC(CC(=O)O)C(=O)NC1C(=O)N(C)c2ccccc2N(C)C1=O. The number of carbonyl (C=O) groups is 4. The van der Waals surface area contributed by atoms with Crippen LogP contribution in [0.2, 0.25) is 0 Å². The molecule has 164 valence electrons. The number of nitrogens with zero attached hydrogens (tertiary/aromatic N) is 2. The van der Waals surface area contributed by atoms with Crippen molar-refractivity contribution in [3.63, 3.8) is 0 Å². The molecule has 0 bridgehead atoms. The van der Waals surface area contributed by atoms with Crippen LogP contribution in [-0.2, 0) is 19.2 Å². The summed E-state index contributed by atoms with van der Waals surface area (Å²) < 4.78 is 0. The molecule has 1 aliphatic rings. The average molecular weight is 418 g/mol. The number of benzene rings is 1. The minimum atomic E-state index is -1.40. The van der Waals surface area contributed by atoms with Crippen molar-refractivity contribution in [3.8, 4) is 0 Å². The van der Waals surface area contributed by atoms with E-state index in [0.29, 0.717) is 17.8 Å². The van der Waals surface area contributed by atoms with Gasteiger partial charge >= 0.3 is 5.97 Å². The van der Waals surface area contributed by atoms with Crippen molar-refractivity contribution in [1.82, 2.24) is 5.32 Å². The van der Waals surface area contributed by atoms with Crippen LogP contribution in [0.5, 0.6) is 0 Å². The lowest BCUT2D eigenvalue weighted by Crippen LogP contribution is -2.55. The molecule has 3 amide bonds. The lowest BCUT2D eigenvalue weighted by Gasteiger charge is -2.23. The molecule has 30 heavy (non-hydrogen) atoms. The summed E-state index contributed by atoms with van der Waals surface area (Å²) >= 11 is 0. The van der Waals surface area contributed by atoms with Crippen molar-refractivity contribution >= 4 is 35.1 Å². The highest BCUT2D eigenvalue weighted by atomic mass is 16.4. The van der Waals surface area contributed by atoms with E-state index >= 15 is 0 Å². The van der Waals surface area contributed by atoms with Crippen LogP contribution in [0.15, 0.2) is 36.9 Å². The number of aliphatic carboxylic acids is 1. The summed E-state index contributed by atoms with van der Waals surface area (Å²) in [6.07, 6.45) is 1.74. The van der Waals surface area contributed by atoms with Crippen LogP contribution < -0.4 is 15.1 Å². The second-order valence-corrected chi connectivity index (χ2v) is 7.56. The van der Waals surface area contributed by atoms with E-state index in [1.165, 1.54) is 23.9 Å². The summed E-state index contributed by atoms with van der Waals surface area (Å²) in [4.78, 5) is 52.0. The zero-order valence-electron chi connectivity index (χ0n) is 18.2. The molecule has 1 atom stereocenters. The van der Waals surface area contributed by atoms with Crippen molar-refractivity contribution in [2.75, 3.05) is 23.9 Å². The Kier molecular flexibility index (Phi) is 9.23. The van der Waals surface area contributed by atoms with Crippen LogP contribution in [0.3, 0.4) is 0 Å². The van der Waals surface area contributed by atoms with Crippen molar-refractivity contribution in [2.45, 2.75) is 39.7 Å². The first kappa shape index (κ1) is 24.9. The number of hydrogen-bond donors (Lipinski definition) is 2. The third-order valence-corrected chi connectivity index (χ3v) is 4.59. The van der Waals surface area contributed by atoms with Gasteiger partial charge in [0.2, 0.25) is 5.91 Å². The van der Waals surface area contributed by atoms with Gasteiger partial charge in [0.15, 0.2) is 6.04 Å². The molecule has 0 saturated heterocycles. The van der Waals surface area contributed by atoms with Gasteiger partial charge in [-0.25, -0.2) is 0 Å². The van der Waals surface area contributed by atoms with E-state index in [0.717, 1.165) is 0 Å². The maximum atomic E-state index is 12.8. The minimum Gasteiger partial charge on any atom is -0.481 e. The summed E-state index contributed by atoms with van der Waals surface area (Å²) in [5, 5.41) is 11.6. The quantitative estimate of drug-likeness (QED) is 0.546. The van der Waals surface area contributed by atoms with Gasteiger partial charge in [-0.15, -0.1) is 6.58 Å². The normalized spacial score (nSPS) is 15.0. The molecule has 2 N–H and O–H groups in total. The van der Waals surface area contributed by atoms with Gasteiger partial charge in [0.25, 0.3) is 11.8 Å². The van der Waals surface area contributed by atoms with E-state index in [2.05, 4.69) is 11.9 Å². The van der Waals surface area contributed by atoms with Gasteiger partial charge in [0.1, 0.15) is 0 Å². The molecule has 2 rings (SSSR count). The van der Waals surface area contributed by atoms with Gasteiger partial charge in [-0.2, -0.15) is 0 Å². The first-order valence-electron chi connectivity index (χ1n) is 9.78. The van der Waals surface area contributed by atoms with Gasteiger partial charge in [-0.05, 0) is 31.4 Å². The van der Waals surface area contributed by atoms with Crippen molar-refractivity contribution in [3.05, 3.63) is 36.9 Å². The van der Waals surface area contributed by atoms with Crippen molar-refractivity contribution in [1.29, 1.82) is 0 Å². The smallest absolute Gasteiger partial charge is 0.304 e. The number of carboxylic acid groups (broad SMARTS) is 1. The molecule has 8 nitrogen and oxygen atoms in total. The number of para-hydroxylation sites is 2. The molecular weight excluding hydrogens is 386 g/mol. The Hall–Kier alpha value is -3.16. The average Bonchev–Trinajstić information content (AvgIpc) is 2.74. The fourth-order valence-corrected chi connectivity index (χ4v) is 3.21. The Labute approximate surface area is 177 Å². The second-order valence-electron chi connectivity index (χ2n) is 7.56. The van der Waals surface area contributed by atoms with Crippen LogP contribution in [0.1, 0.15) is 33.6 Å². The van der Waals surface area contributed by atoms with Crippen LogP contribution >= 0.6 is 0 Å². The number of nitrogens with one attached hydrogen (secondary N) is 1. The Morgan fingerprint density at radius 1 is 1.13 bits per heavy atom. The number of anilines is 2. The highest BCUT2D eigenvalue weighted by Gasteiger charge is 2.39. The van der Waals surface area contributed by atoms with E-state index in [1.54, 1.807) is 30.3 Å². The Morgan fingerprint density at radius 3 is 1.93 bits per heavy atom. The number of hydrogen-bond acceptors (Lipinski definition) is 4. The third kappa shape index (κ3) is 6.17. The lowest BCUT2D eigenvalue weighted by molar-refractivity contribution is -0.142. The lowest BCUT2D eigenvalue weighted by atomic mass is 9.93. The Balaban J connectivity index is 0.00000141. The summed E-state index contributed by atoms with van der Waals surface area (Å²) in [5.74, 6) is -3.56. The molecule has 0 aromatic heterocycles. The number of likely N-dealkylation sites (N-methyl/N-ethyl adjacent to an activating group) is 2. The predicted molar refractivity (Wildman–Crippen MR) is 116 cm³/mol. The van der Waals surface area contributed by atoms with Gasteiger partial charge in [-0.3, -0.25) is 19.2 Å². The van der Waals surface area contributed by atoms with Gasteiger partial charge < -0.3 is 20.2 Å². The summed E-state index contributed by atoms with van der Waals surface area (Å²) in [6.45, 7) is 9.00. The maximum Gasteiger partial charge on any atom is 0.304 e. The zero-order valence-corrected chi connectivity index (χ0v) is 18.2. The number of amides is 3. The van der Waals surface area contributed by atoms with Crippen LogP contribution in [0.4, 0.5) is 11.4 Å². The molecular formula is C22H31N3O5. The summed E-state index contributed by atoms with van der Waals surface area (Å²) in [5.41, 5.74) is 1.11. The van der Waals surface area contributed by atoms with E-state index in [9.17, 15) is 19.2 Å². The molecule has 0 spiro atoms. The van der Waals surface area contributed by atoms with E-state index in [1.807, 2.05) is 20.8 Å². The molecule has 0 saturated carbocycles. The molecule has 8 heteroatoms. The van der Waals surface area contributed by atoms with E-state index in [-0.39, 0.29) is 12.3 Å². The number of rotatable bonds is 6. The molecule has 0 fully saturated rings. The third-order valence-electron chi connectivity index (χ3n) is 4.59. The van der Waals surface area contributed by atoms with Crippen molar-refractivity contribution in [2.24, 2.45) is 11.8 Å². The molecule has 0 radical (unpaired) electrons. The Morgan fingerprint density at radius 2 is 1.57 bits per heavy atom. The van der Waals surface area contributed by atoms with E-state index < -0.39 is 35.7 Å².